The average molecular weight is 421 g/mol. The zero-order chi connectivity index (χ0) is 21.1. The van der Waals surface area contributed by atoms with Gasteiger partial charge < -0.3 is 10.2 Å². The van der Waals surface area contributed by atoms with E-state index in [1.807, 2.05) is 42.5 Å². The molecule has 2 amide bonds. The van der Waals surface area contributed by atoms with E-state index in [9.17, 15) is 9.59 Å². The molecule has 0 saturated heterocycles. The van der Waals surface area contributed by atoms with Crippen molar-refractivity contribution in [3.8, 4) is 0 Å². The van der Waals surface area contributed by atoms with Crippen molar-refractivity contribution in [1.29, 1.82) is 0 Å². The number of thioether (sulfide) groups is 1. The lowest BCUT2D eigenvalue weighted by Crippen LogP contribution is -2.41. The van der Waals surface area contributed by atoms with Crippen LogP contribution in [-0.4, -0.2) is 17.9 Å². The first kappa shape index (κ1) is 20.7. The minimum absolute atomic E-state index is 0.117. The van der Waals surface area contributed by atoms with Crippen molar-refractivity contribution < 1.29 is 9.59 Å². The Morgan fingerprint density at radius 3 is 2.67 bits per heavy atom. The molecule has 156 valence electrons. The summed E-state index contributed by atoms with van der Waals surface area (Å²) in [6, 6.07) is 16.2. The van der Waals surface area contributed by atoms with Gasteiger partial charge in [-0.1, -0.05) is 67.9 Å². The number of hydrogen-bond acceptors (Lipinski definition) is 3. The number of nitrogens with zero attached hydrogens (tertiary/aromatic N) is 1. The van der Waals surface area contributed by atoms with E-state index in [0.717, 1.165) is 41.0 Å². The summed E-state index contributed by atoms with van der Waals surface area (Å²) in [5.74, 6) is 0.197. The molecule has 30 heavy (non-hydrogen) atoms. The maximum absolute atomic E-state index is 13.4. The summed E-state index contributed by atoms with van der Waals surface area (Å²) in [5.41, 5.74) is 3.15. The van der Waals surface area contributed by atoms with Crippen LogP contribution < -0.4 is 10.2 Å². The number of aryl methyl sites for hydroxylation is 1. The van der Waals surface area contributed by atoms with Crippen molar-refractivity contribution in [2.24, 2.45) is 5.92 Å². The van der Waals surface area contributed by atoms with E-state index in [4.69, 9.17) is 0 Å². The summed E-state index contributed by atoms with van der Waals surface area (Å²) in [4.78, 5) is 29.3. The Hall–Kier alpha value is -2.53. The van der Waals surface area contributed by atoms with Crippen LogP contribution in [0.15, 0.2) is 64.4 Å². The Kier molecular flexibility index (Phi) is 6.28. The predicted octanol–water partition coefficient (Wildman–Crippen LogP) is 5.21. The molecule has 2 atom stereocenters. The van der Waals surface area contributed by atoms with Crippen LogP contribution >= 0.6 is 11.8 Å². The number of nitrogens with one attached hydrogen (secondary N) is 1. The van der Waals surface area contributed by atoms with Crippen molar-refractivity contribution in [3.05, 3.63) is 70.6 Å². The molecule has 4 rings (SSSR count). The first-order chi connectivity index (χ1) is 14.5. The van der Waals surface area contributed by atoms with Crippen LogP contribution in [0.4, 0.5) is 5.69 Å². The smallest absolute Gasteiger partial charge is 0.265 e. The van der Waals surface area contributed by atoms with Gasteiger partial charge in [0.25, 0.3) is 5.91 Å². The van der Waals surface area contributed by atoms with Crippen LogP contribution in [0.25, 0.3) is 0 Å². The quantitative estimate of drug-likeness (QED) is 0.691. The molecular weight excluding hydrogens is 392 g/mol. The predicted molar refractivity (Wildman–Crippen MR) is 122 cm³/mol. The minimum Gasteiger partial charge on any atom is -0.350 e. The fourth-order valence-corrected chi connectivity index (χ4v) is 5.28. The number of anilines is 1. The number of benzene rings is 2. The Morgan fingerprint density at radius 2 is 1.87 bits per heavy atom. The molecule has 2 aliphatic rings. The second-order valence-electron chi connectivity index (χ2n) is 8.27. The SMILES string of the molecule is Cc1ccccc1CN1C(=O)C(=CC(=O)NC2CCCCC2C)Sc2ccccc21. The van der Waals surface area contributed by atoms with Crippen molar-refractivity contribution >= 4 is 29.3 Å². The number of rotatable bonds is 4. The first-order valence-corrected chi connectivity index (χ1v) is 11.5. The molecule has 4 nitrogen and oxygen atoms in total. The summed E-state index contributed by atoms with van der Waals surface area (Å²) < 4.78 is 0. The molecular formula is C25H28N2O2S. The Labute approximate surface area is 182 Å². The van der Waals surface area contributed by atoms with Crippen LogP contribution in [0, 0.1) is 12.8 Å². The minimum atomic E-state index is -0.167. The van der Waals surface area contributed by atoms with Gasteiger partial charge in [-0.15, -0.1) is 0 Å². The molecule has 0 aromatic heterocycles. The lowest BCUT2D eigenvalue weighted by molar-refractivity contribution is -0.119. The molecule has 2 unspecified atom stereocenters. The van der Waals surface area contributed by atoms with Crippen LogP contribution in [0.5, 0.6) is 0 Å². The van der Waals surface area contributed by atoms with Crippen LogP contribution in [0.2, 0.25) is 0 Å². The summed E-state index contributed by atoms with van der Waals surface area (Å²) in [7, 11) is 0. The average Bonchev–Trinajstić information content (AvgIpc) is 2.74. The van der Waals surface area contributed by atoms with E-state index in [2.05, 4.69) is 25.2 Å². The Morgan fingerprint density at radius 1 is 1.13 bits per heavy atom. The molecule has 0 bridgehead atoms. The largest absolute Gasteiger partial charge is 0.350 e. The third-order valence-corrected chi connectivity index (χ3v) is 7.20. The number of fused-ring (bicyclic) bond motifs is 1. The van der Waals surface area contributed by atoms with Crippen molar-refractivity contribution in [2.75, 3.05) is 4.90 Å². The standard InChI is InChI=1S/C25H28N2O2S/c1-17-9-3-5-11-19(17)16-27-21-13-7-8-14-22(21)30-23(25(27)29)15-24(28)26-20-12-6-4-10-18(20)2/h3,5,7-9,11,13-15,18,20H,4,6,10,12,16H2,1-2H3,(H,26,28). The molecule has 0 spiro atoms. The van der Waals surface area contributed by atoms with Crippen LogP contribution in [0.1, 0.15) is 43.7 Å². The van der Waals surface area contributed by atoms with E-state index >= 15 is 0 Å². The van der Waals surface area contributed by atoms with E-state index < -0.39 is 0 Å². The maximum Gasteiger partial charge on any atom is 0.265 e. The zero-order valence-electron chi connectivity index (χ0n) is 17.6. The van der Waals surface area contributed by atoms with Gasteiger partial charge in [-0.05, 0) is 48.9 Å². The molecule has 5 heteroatoms. The lowest BCUT2D eigenvalue weighted by atomic mass is 9.86. The summed E-state index contributed by atoms with van der Waals surface area (Å²) in [5, 5.41) is 3.13. The summed E-state index contributed by atoms with van der Waals surface area (Å²) in [6.07, 6.45) is 6.03. The maximum atomic E-state index is 13.4. The highest BCUT2D eigenvalue weighted by atomic mass is 32.2. The summed E-state index contributed by atoms with van der Waals surface area (Å²) in [6.45, 7) is 4.74. The van der Waals surface area contributed by atoms with Crippen LogP contribution in [-0.2, 0) is 16.1 Å². The topological polar surface area (TPSA) is 49.4 Å². The third kappa shape index (κ3) is 4.46. The molecule has 1 heterocycles. The fourth-order valence-electron chi connectivity index (χ4n) is 4.25. The molecule has 0 radical (unpaired) electrons. The molecule has 1 fully saturated rings. The van der Waals surface area contributed by atoms with Crippen LogP contribution in [0.3, 0.4) is 0 Å². The second-order valence-corrected chi connectivity index (χ2v) is 9.36. The van der Waals surface area contributed by atoms with Gasteiger partial charge in [0.15, 0.2) is 0 Å². The highest BCUT2D eigenvalue weighted by Gasteiger charge is 2.30. The fraction of sp³-hybridized carbons (Fsp3) is 0.360. The van der Waals surface area contributed by atoms with E-state index in [-0.39, 0.29) is 17.9 Å². The number of hydrogen-bond donors (Lipinski definition) is 1. The lowest BCUT2D eigenvalue weighted by Gasteiger charge is -2.31. The van der Waals surface area contributed by atoms with Gasteiger partial charge in [-0.25, -0.2) is 0 Å². The Balaban J connectivity index is 1.59. The van der Waals surface area contributed by atoms with E-state index in [1.54, 1.807) is 4.90 Å². The van der Waals surface area contributed by atoms with Gasteiger partial charge in [0.1, 0.15) is 0 Å². The molecule has 2 aromatic carbocycles. The third-order valence-electron chi connectivity index (χ3n) is 6.12. The first-order valence-electron chi connectivity index (χ1n) is 10.7. The molecule has 1 aliphatic carbocycles. The van der Waals surface area contributed by atoms with Gasteiger partial charge in [0.05, 0.1) is 17.1 Å². The monoisotopic (exact) mass is 420 g/mol. The van der Waals surface area contributed by atoms with Crippen molar-refractivity contribution in [1.82, 2.24) is 5.32 Å². The molecule has 2 aromatic rings. The molecule has 1 saturated carbocycles. The van der Waals surface area contributed by atoms with Gasteiger partial charge in [-0.2, -0.15) is 0 Å². The van der Waals surface area contributed by atoms with E-state index in [1.165, 1.54) is 24.3 Å². The van der Waals surface area contributed by atoms with Gasteiger partial charge >= 0.3 is 0 Å². The number of carbonyl (C=O) groups excluding carboxylic acids is 2. The number of carbonyl (C=O) groups is 2. The van der Waals surface area contributed by atoms with E-state index in [0.29, 0.717) is 17.4 Å². The highest BCUT2D eigenvalue weighted by molar-refractivity contribution is 8.04. The normalized spacial score (nSPS) is 22.7. The molecule has 1 aliphatic heterocycles. The van der Waals surface area contributed by atoms with Crippen molar-refractivity contribution in [3.63, 3.8) is 0 Å². The van der Waals surface area contributed by atoms with Gasteiger partial charge in [-0.3, -0.25) is 9.59 Å². The zero-order valence-corrected chi connectivity index (χ0v) is 18.4. The van der Waals surface area contributed by atoms with Gasteiger partial charge in [0, 0.05) is 17.0 Å². The number of amides is 2. The summed E-state index contributed by atoms with van der Waals surface area (Å²) >= 11 is 1.38. The van der Waals surface area contributed by atoms with Gasteiger partial charge in [0.2, 0.25) is 5.91 Å². The second kappa shape index (κ2) is 9.09. The molecule has 1 N–H and O–H groups in total. The highest BCUT2D eigenvalue weighted by Crippen LogP contribution is 2.42. The van der Waals surface area contributed by atoms with Crippen molar-refractivity contribution in [2.45, 2.75) is 57.0 Å². The Bertz CT molecular complexity index is 985. The number of para-hydroxylation sites is 1.